The van der Waals surface area contributed by atoms with Crippen molar-refractivity contribution in [3.05, 3.63) is 24.3 Å². The van der Waals surface area contributed by atoms with Crippen molar-refractivity contribution in [2.45, 2.75) is 24.7 Å². The van der Waals surface area contributed by atoms with Crippen LogP contribution in [0.3, 0.4) is 0 Å². The molecular weight excluding hydrogens is 278 g/mol. The van der Waals surface area contributed by atoms with Crippen LogP contribution in [-0.4, -0.2) is 27.9 Å². The second kappa shape index (κ2) is 7.37. The number of amides is 1. The molecule has 0 spiro atoms. The number of nitrogens with two attached hydrogens (primary N) is 1. The smallest absolute Gasteiger partial charge is 0.242 e. The Hall–Kier alpha value is -1.44. The highest BCUT2D eigenvalue weighted by molar-refractivity contribution is 7.89. The minimum Gasteiger partial charge on any atom is -0.330 e. The summed E-state index contributed by atoms with van der Waals surface area (Å²) < 4.78 is 25.9. The summed E-state index contributed by atoms with van der Waals surface area (Å²) in [6.45, 7) is 2.39. The molecule has 0 aliphatic carbocycles. The second-order valence-electron chi connectivity index (χ2n) is 4.47. The Morgan fingerprint density at radius 3 is 2.55 bits per heavy atom. The van der Waals surface area contributed by atoms with Crippen LogP contribution in [0, 0.1) is 5.92 Å². The second-order valence-corrected chi connectivity index (χ2v) is 6.32. The van der Waals surface area contributed by atoms with E-state index in [2.05, 4.69) is 10.0 Å². The summed E-state index contributed by atoms with van der Waals surface area (Å²) in [5.41, 5.74) is 5.84. The minimum atomic E-state index is -3.60. The van der Waals surface area contributed by atoms with Crippen LogP contribution in [0.4, 0.5) is 5.69 Å². The number of rotatable bonds is 7. The molecule has 1 aromatic carbocycles. The Balaban J connectivity index is 2.91. The molecule has 112 valence electrons. The number of anilines is 1. The van der Waals surface area contributed by atoms with Gasteiger partial charge >= 0.3 is 0 Å². The van der Waals surface area contributed by atoms with Crippen molar-refractivity contribution >= 4 is 21.6 Å². The van der Waals surface area contributed by atoms with Gasteiger partial charge in [-0.3, -0.25) is 4.79 Å². The van der Waals surface area contributed by atoms with Crippen molar-refractivity contribution in [3.8, 4) is 0 Å². The minimum absolute atomic E-state index is 0.0525. The zero-order chi connectivity index (χ0) is 15.2. The van der Waals surface area contributed by atoms with E-state index in [4.69, 9.17) is 5.73 Å². The number of para-hydroxylation sites is 1. The maximum Gasteiger partial charge on any atom is 0.242 e. The van der Waals surface area contributed by atoms with E-state index in [1.165, 1.54) is 13.1 Å². The van der Waals surface area contributed by atoms with Crippen molar-refractivity contribution in [2.24, 2.45) is 11.7 Å². The van der Waals surface area contributed by atoms with Gasteiger partial charge in [0.05, 0.1) is 5.69 Å². The molecular formula is C13H21N3O3S. The third-order valence-corrected chi connectivity index (χ3v) is 4.58. The highest BCUT2D eigenvalue weighted by Crippen LogP contribution is 2.21. The van der Waals surface area contributed by atoms with Crippen molar-refractivity contribution in [2.75, 3.05) is 18.9 Å². The van der Waals surface area contributed by atoms with Crippen molar-refractivity contribution in [3.63, 3.8) is 0 Å². The lowest BCUT2D eigenvalue weighted by Gasteiger charge is -2.14. The van der Waals surface area contributed by atoms with Gasteiger partial charge in [-0.05, 0) is 31.6 Å². The Morgan fingerprint density at radius 2 is 2.00 bits per heavy atom. The first-order valence-electron chi connectivity index (χ1n) is 6.47. The van der Waals surface area contributed by atoms with Gasteiger partial charge in [-0.2, -0.15) is 0 Å². The molecule has 0 bridgehead atoms. The summed E-state index contributed by atoms with van der Waals surface area (Å²) in [6, 6.07) is 6.28. The van der Waals surface area contributed by atoms with E-state index in [0.29, 0.717) is 6.54 Å². The summed E-state index contributed by atoms with van der Waals surface area (Å²) in [5, 5.41) is 2.64. The molecule has 1 unspecified atom stereocenters. The monoisotopic (exact) mass is 299 g/mol. The van der Waals surface area contributed by atoms with Gasteiger partial charge in [0.2, 0.25) is 15.9 Å². The third-order valence-electron chi connectivity index (χ3n) is 3.10. The molecule has 0 saturated heterocycles. The molecule has 1 amide bonds. The lowest BCUT2D eigenvalue weighted by atomic mass is 10.0. The number of benzene rings is 1. The van der Waals surface area contributed by atoms with Gasteiger partial charge in [0.25, 0.3) is 0 Å². The summed E-state index contributed by atoms with van der Waals surface area (Å²) in [5.74, 6) is -0.135. The zero-order valence-electron chi connectivity index (χ0n) is 11.7. The summed E-state index contributed by atoms with van der Waals surface area (Å²) in [6.07, 6.45) is 1.08. The molecule has 0 radical (unpaired) electrons. The van der Waals surface area contributed by atoms with Gasteiger partial charge in [0.15, 0.2) is 0 Å². The predicted octanol–water partition coefficient (Wildman–Crippen LogP) is 0.908. The molecule has 0 saturated carbocycles. The van der Waals surface area contributed by atoms with E-state index in [1.807, 2.05) is 6.92 Å². The van der Waals surface area contributed by atoms with E-state index in [1.54, 1.807) is 18.2 Å². The first-order chi connectivity index (χ1) is 9.44. The van der Waals surface area contributed by atoms with Crippen molar-refractivity contribution < 1.29 is 13.2 Å². The molecule has 1 aromatic rings. The topological polar surface area (TPSA) is 101 Å². The largest absolute Gasteiger partial charge is 0.330 e. The zero-order valence-corrected chi connectivity index (χ0v) is 12.5. The van der Waals surface area contributed by atoms with Gasteiger partial charge in [-0.25, -0.2) is 13.1 Å². The molecule has 0 aromatic heterocycles. The number of sulfonamides is 1. The van der Waals surface area contributed by atoms with Crippen LogP contribution in [0.1, 0.15) is 19.8 Å². The Kier molecular flexibility index (Phi) is 6.12. The molecule has 1 atom stereocenters. The molecule has 0 aliphatic heterocycles. The Bertz CT molecular complexity index is 554. The van der Waals surface area contributed by atoms with E-state index in [-0.39, 0.29) is 28.8 Å². The van der Waals surface area contributed by atoms with Crippen LogP contribution in [0.2, 0.25) is 0 Å². The van der Waals surface area contributed by atoms with Crippen molar-refractivity contribution in [1.29, 1.82) is 0 Å². The van der Waals surface area contributed by atoms with E-state index >= 15 is 0 Å². The predicted molar refractivity (Wildman–Crippen MR) is 78.8 cm³/mol. The van der Waals surface area contributed by atoms with Gasteiger partial charge in [0, 0.05) is 6.42 Å². The summed E-state index contributed by atoms with van der Waals surface area (Å²) in [4.78, 5) is 12.0. The summed E-state index contributed by atoms with van der Waals surface area (Å²) >= 11 is 0. The third kappa shape index (κ3) is 4.29. The van der Waals surface area contributed by atoms with Crippen LogP contribution < -0.4 is 15.8 Å². The molecule has 0 heterocycles. The number of carbonyl (C=O) groups is 1. The van der Waals surface area contributed by atoms with E-state index in [0.717, 1.165) is 6.42 Å². The van der Waals surface area contributed by atoms with Crippen LogP contribution in [0.25, 0.3) is 0 Å². The quantitative estimate of drug-likeness (QED) is 0.696. The van der Waals surface area contributed by atoms with Crippen LogP contribution >= 0.6 is 0 Å². The maximum atomic E-state index is 11.9. The highest BCUT2D eigenvalue weighted by Gasteiger charge is 2.18. The molecule has 6 nitrogen and oxygen atoms in total. The van der Waals surface area contributed by atoms with Crippen LogP contribution in [-0.2, 0) is 14.8 Å². The molecule has 0 fully saturated rings. The van der Waals surface area contributed by atoms with E-state index < -0.39 is 10.0 Å². The molecule has 20 heavy (non-hydrogen) atoms. The van der Waals surface area contributed by atoms with E-state index in [9.17, 15) is 13.2 Å². The first-order valence-corrected chi connectivity index (χ1v) is 7.95. The highest BCUT2D eigenvalue weighted by atomic mass is 32.2. The maximum absolute atomic E-state index is 11.9. The average Bonchev–Trinajstić information content (AvgIpc) is 2.45. The van der Waals surface area contributed by atoms with Crippen molar-refractivity contribution in [1.82, 2.24) is 4.72 Å². The van der Waals surface area contributed by atoms with Gasteiger partial charge in [-0.15, -0.1) is 0 Å². The molecule has 1 rings (SSSR count). The molecule has 4 N–H and O–H groups in total. The van der Waals surface area contributed by atoms with Crippen LogP contribution in [0.5, 0.6) is 0 Å². The molecule has 0 aliphatic rings. The number of carbonyl (C=O) groups excluding carboxylic acids is 1. The summed E-state index contributed by atoms with van der Waals surface area (Å²) in [7, 11) is -2.27. The molecule has 7 heteroatoms. The Morgan fingerprint density at radius 1 is 1.35 bits per heavy atom. The van der Waals surface area contributed by atoms with Gasteiger partial charge in [0.1, 0.15) is 4.90 Å². The SMILES string of the molecule is CCC(CN)CC(=O)Nc1ccccc1S(=O)(=O)NC. The first kappa shape index (κ1) is 16.6. The fourth-order valence-electron chi connectivity index (χ4n) is 1.77. The fourth-order valence-corrected chi connectivity index (χ4v) is 2.66. The van der Waals surface area contributed by atoms with Crippen LogP contribution in [0.15, 0.2) is 29.2 Å². The number of nitrogens with one attached hydrogen (secondary N) is 2. The van der Waals surface area contributed by atoms with Gasteiger partial charge < -0.3 is 11.1 Å². The average molecular weight is 299 g/mol. The standard InChI is InChI=1S/C13H21N3O3S/c1-3-10(9-14)8-13(17)16-11-6-4-5-7-12(11)20(18,19)15-2/h4-7,10,15H,3,8-9,14H2,1-2H3,(H,16,17). The Labute approximate surface area is 119 Å². The lowest BCUT2D eigenvalue weighted by molar-refractivity contribution is -0.117. The lowest BCUT2D eigenvalue weighted by Crippen LogP contribution is -2.24. The van der Waals surface area contributed by atoms with Gasteiger partial charge in [-0.1, -0.05) is 25.5 Å². The fraction of sp³-hybridized carbons (Fsp3) is 0.462. The number of hydrogen-bond donors (Lipinski definition) is 3. The number of hydrogen-bond acceptors (Lipinski definition) is 4. The normalized spacial score (nSPS) is 12.9.